The summed E-state index contributed by atoms with van der Waals surface area (Å²) in [6.07, 6.45) is 2.09. The van der Waals surface area contributed by atoms with E-state index in [9.17, 15) is 0 Å². The molecule has 2 atom stereocenters. The van der Waals surface area contributed by atoms with Gasteiger partial charge in [0.2, 0.25) is 0 Å². The Morgan fingerprint density at radius 2 is 2.32 bits per heavy atom. The molecule has 1 aromatic rings. The zero-order chi connectivity index (χ0) is 13.8. The summed E-state index contributed by atoms with van der Waals surface area (Å²) in [5, 5.41) is 2.13. The summed E-state index contributed by atoms with van der Waals surface area (Å²) in [6.45, 7) is 3.43. The predicted molar refractivity (Wildman–Crippen MR) is 85.4 cm³/mol. The van der Waals surface area contributed by atoms with E-state index in [-0.39, 0.29) is 0 Å². The molecule has 2 unspecified atom stereocenters. The molecule has 0 aliphatic carbocycles. The van der Waals surface area contributed by atoms with Gasteiger partial charge in [0.15, 0.2) is 0 Å². The van der Waals surface area contributed by atoms with Crippen molar-refractivity contribution in [1.29, 1.82) is 0 Å². The maximum Gasteiger partial charge on any atom is 0.0285 e. The highest BCUT2D eigenvalue weighted by Crippen LogP contribution is 2.22. The summed E-state index contributed by atoms with van der Waals surface area (Å²) in [5.41, 5.74) is 2.99. The number of rotatable bonds is 5. The van der Waals surface area contributed by atoms with Gasteiger partial charge in [0.25, 0.3) is 0 Å². The number of hydrazine groups is 1. The Kier molecular flexibility index (Phi) is 5.80. The first-order valence-corrected chi connectivity index (χ1v) is 8.33. The molecular formula is C13H23BrN4S. The Labute approximate surface area is 128 Å². The highest BCUT2D eigenvalue weighted by molar-refractivity contribution is 9.10. The minimum atomic E-state index is 0.337. The van der Waals surface area contributed by atoms with Gasteiger partial charge in [-0.2, -0.15) is 0 Å². The lowest BCUT2D eigenvalue weighted by molar-refractivity contribution is 0.101. The van der Waals surface area contributed by atoms with Crippen LogP contribution < -0.4 is 11.3 Å². The van der Waals surface area contributed by atoms with Gasteiger partial charge < -0.3 is 9.80 Å². The molecule has 2 heterocycles. The number of nitrogens with one attached hydrogen (secondary N) is 1. The Morgan fingerprint density at radius 3 is 2.95 bits per heavy atom. The number of nitrogens with two attached hydrogens (primary N) is 1. The lowest BCUT2D eigenvalue weighted by Crippen LogP contribution is -2.53. The average molecular weight is 347 g/mol. The number of nitrogens with zero attached hydrogens (tertiary/aromatic N) is 2. The van der Waals surface area contributed by atoms with E-state index in [1.165, 1.54) is 4.88 Å². The number of piperazine rings is 1. The number of likely N-dealkylation sites (N-methyl/N-ethyl adjacent to an activating group) is 2. The van der Waals surface area contributed by atoms with Crippen LogP contribution in [0.25, 0.3) is 0 Å². The van der Waals surface area contributed by atoms with Gasteiger partial charge in [-0.25, -0.2) is 0 Å². The lowest BCUT2D eigenvalue weighted by atomic mass is 10.0. The van der Waals surface area contributed by atoms with Crippen LogP contribution in [0.1, 0.15) is 11.3 Å². The third kappa shape index (κ3) is 4.51. The molecule has 0 aromatic carbocycles. The van der Waals surface area contributed by atoms with E-state index in [1.807, 2.05) is 0 Å². The predicted octanol–water partition coefficient (Wildman–Crippen LogP) is 1.52. The minimum Gasteiger partial charge on any atom is -0.304 e. The SMILES string of the molecule is CN1CCN(C)C(CC(Cc2cc(Br)cs2)NN)C1. The normalized spacial score (nSPS) is 23.7. The van der Waals surface area contributed by atoms with E-state index in [2.05, 4.69) is 56.7 Å². The molecule has 0 spiro atoms. The van der Waals surface area contributed by atoms with E-state index < -0.39 is 0 Å². The summed E-state index contributed by atoms with van der Waals surface area (Å²) in [7, 11) is 4.41. The number of halogens is 1. The van der Waals surface area contributed by atoms with Crippen LogP contribution in [0.4, 0.5) is 0 Å². The van der Waals surface area contributed by atoms with Crippen molar-refractivity contribution in [3.05, 3.63) is 20.8 Å². The molecule has 4 nitrogen and oxygen atoms in total. The van der Waals surface area contributed by atoms with Crippen LogP contribution in [0.5, 0.6) is 0 Å². The number of thiophene rings is 1. The van der Waals surface area contributed by atoms with Gasteiger partial charge in [-0.15, -0.1) is 11.3 Å². The first-order valence-electron chi connectivity index (χ1n) is 6.66. The van der Waals surface area contributed by atoms with Crippen LogP contribution in [0, 0.1) is 0 Å². The van der Waals surface area contributed by atoms with Crippen molar-refractivity contribution < 1.29 is 0 Å². The molecule has 1 aliphatic heterocycles. The first kappa shape index (κ1) is 15.4. The van der Waals surface area contributed by atoms with E-state index >= 15 is 0 Å². The van der Waals surface area contributed by atoms with Gasteiger partial charge in [0, 0.05) is 46.4 Å². The highest BCUT2D eigenvalue weighted by Gasteiger charge is 2.25. The Morgan fingerprint density at radius 1 is 1.53 bits per heavy atom. The van der Waals surface area contributed by atoms with Crippen molar-refractivity contribution in [3.63, 3.8) is 0 Å². The number of hydrogen-bond donors (Lipinski definition) is 2. The van der Waals surface area contributed by atoms with Crippen LogP contribution in [-0.4, -0.2) is 55.6 Å². The molecule has 108 valence electrons. The van der Waals surface area contributed by atoms with Crippen LogP contribution in [0.2, 0.25) is 0 Å². The molecule has 0 bridgehead atoms. The fraction of sp³-hybridized carbons (Fsp3) is 0.692. The molecule has 1 aromatic heterocycles. The molecule has 1 saturated heterocycles. The second kappa shape index (κ2) is 7.15. The van der Waals surface area contributed by atoms with Crippen LogP contribution in [0.15, 0.2) is 15.9 Å². The summed E-state index contributed by atoms with van der Waals surface area (Å²) in [5.74, 6) is 5.74. The van der Waals surface area contributed by atoms with Gasteiger partial charge >= 0.3 is 0 Å². The maximum atomic E-state index is 5.74. The van der Waals surface area contributed by atoms with Crippen molar-refractivity contribution in [2.24, 2.45) is 5.84 Å². The van der Waals surface area contributed by atoms with Crippen molar-refractivity contribution in [2.45, 2.75) is 24.9 Å². The lowest BCUT2D eigenvalue weighted by Gasteiger charge is -2.39. The molecule has 19 heavy (non-hydrogen) atoms. The molecule has 0 radical (unpaired) electrons. The molecule has 0 saturated carbocycles. The Hall–Kier alpha value is 0.0200. The smallest absolute Gasteiger partial charge is 0.0285 e. The van der Waals surface area contributed by atoms with Gasteiger partial charge in [0.05, 0.1) is 0 Å². The average Bonchev–Trinajstić information content (AvgIpc) is 2.78. The fourth-order valence-electron chi connectivity index (χ4n) is 2.60. The summed E-state index contributed by atoms with van der Waals surface area (Å²) < 4.78 is 1.16. The molecule has 1 fully saturated rings. The minimum absolute atomic E-state index is 0.337. The standard InChI is InChI=1S/C13H23BrN4S/c1-17-3-4-18(2)12(8-17)6-11(16-15)7-13-5-10(14)9-19-13/h5,9,11-12,16H,3-4,6-8,15H2,1-2H3. The molecular weight excluding hydrogens is 324 g/mol. The monoisotopic (exact) mass is 346 g/mol. The summed E-state index contributed by atoms with van der Waals surface area (Å²) in [6, 6.07) is 3.11. The van der Waals surface area contributed by atoms with E-state index in [0.29, 0.717) is 12.1 Å². The largest absolute Gasteiger partial charge is 0.304 e. The molecule has 6 heteroatoms. The van der Waals surface area contributed by atoms with Gasteiger partial charge in [-0.3, -0.25) is 11.3 Å². The highest BCUT2D eigenvalue weighted by atomic mass is 79.9. The zero-order valence-corrected chi connectivity index (χ0v) is 14.0. The van der Waals surface area contributed by atoms with Gasteiger partial charge in [-0.05, 0) is 48.9 Å². The van der Waals surface area contributed by atoms with E-state index in [1.54, 1.807) is 11.3 Å². The second-order valence-electron chi connectivity index (χ2n) is 5.43. The Bertz CT molecular complexity index is 398. The molecule has 0 amide bonds. The topological polar surface area (TPSA) is 44.5 Å². The van der Waals surface area contributed by atoms with E-state index in [4.69, 9.17) is 5.84 Å². The first-order chi connectivity index (χ1) is 9.08. The van der Waals surface area contributed by atoms with Crippen molar-refractivity contribution >= 4 is 27.3 Å². The van der Waals surface area contributed by atoms with Gasteiger partial charge in [0.1, 0.15) is 0 Å². The third-order valence-electron chi connectivity index (χ3n) is 3.84. The van der Waals surface area contributed by atoms with Gasteiger partial charge in [-0.1, -0.05) is 0 Å². The third-order valence-corrected chi connectivity index (χ3v) is 5.56. The maximum absolute atomic E-state index is 5.74. The van der Waals surface area contributed by atoms with Crippen molar-refractivity contribution in [2.75, 3.05) is 33.7 Å². The van der Waals surface area contributed by atoms with Crippen LogP contribution in [0.3, 0.4) is 0 Å². The molecule has 2 rings (SSSR count). The van der Waals surface area contributed by atoms with Crippen LogP contribution in [-0.2, 0) is 6.42 Å². The van der Waals surface area contributed by atoms with Crippen molar-refractivity contribution in [3.8, 4) is 0 Å². The van der Waals surface area contributed by atoms with Crippen molar-refractivity contribution in [1.82, 2.24) is 15.2 Å². The number of hydrogen-bond acceptors (Lipinski definition) is 5. The quantitative estimate of drug-likeness (QED) is 0.626. The Balaban J connectivity index is 1.90. The van der Waals surface area contributed by atoms with E-state index in [0.717, 1.165) is 36.9 Å². The fourth-order valence-corrected chi connectivity index (χ4v) is 4.13. The van der Waals surface area contributed by atoms with Crippen LogP contribution >= 0.6 is 27.3 Å². The zero-order valence-electron chi connectivity index (χ0n) is 11.6. The summed E-state index contributed by atoms with van der Waals surface area (Å²) in [4.78, 5) is 6.23. The molecule has 1 aliphatic rings. The second-order valence-corrected chi connectivity index (χ2v) is 7.34. The molecule has 3 N–H and O–H groups in total. The summed E-state index contributed by atoms with van der Waals surface area (Å²) >= 11 is 5.29.